The lowest BCUT2D eigenvalue weighted by Gasteiger charge is -2.35. The molecule has 1 aliphatic heterocycles. The van der Waals surface area contributed by atoms with Gasteiger partial charge in [0.2, 0.25) is 0 Å². The molecule has 0 bridgehead atoms. The molecule has 1 fully saturated rings. The minimum absolute atomic E-state index is 0.0424. The van der Waals surface area contributed by atoms with Crippen LogP contribution in [0.15, 0.2) is 11.2 Å². The van der Waals surface area contributed by atoms with Crippen LogP contribution in [0.5, 0.6) is 0 Å². The van der Waals surface area contributed by atoms with Gasteiger partial charge in [-0.1, -0.05) is 0 Å². The van der Waals surface area contributed by atoms with Crippen LogP contribution in [-0.2, 0) is 21.4 Å². The summed E-state index contributed by atoms with van der Waals surface area (Å²) in [5.41, 5.74) is -0.843. The molecule has 0 aromatic carbocycles. The normalized spacial score (nSPS) is 19.6. The van der Waals surface area contributed by atoms with E-state index in [0.717, 1.165) is 0 Å². The Morgan fingerprint density at radius 3 is 2.43 bits per heavy atom. The molecule has 1 aromatic rings. The molecule has 1 saturated heterocycles. The Hall–Kier alpha value is -1.41. The highest BCUT2D eigenvalue weighted by atomic mass is 32.2. The van der Waals surface area contributed by atoms with Crippen molar-refractivity contribution in [1.82, 2.24) is 13.9 Å². The molecule has 1 aliphatic rings. The average molecular weight is 315 g/mol. The summed E-state index contributed by atoms with van der Waals surface area (Å²) < 4.78 is 28.2. The van der Waals surface area contributed by atoms with E-state index in [1.54, 1.807) is 18.4 Å². The molecule has 1 N–H and O–H groups in total. The Labute approximate surface area is 124 Å². The van der Waals surface area contributed by atoms with Gasteiger partial charge in [-0.15, -0.1) is 0 Å². The van der Waals surface area contributed by atoms with Crippen LogP contribution >= 0.6 is 0 Å². The summed E-state index contributed by atoms with van der Waals surface area (Å²) in [7, 11) is -3.64. The van der Waals surface area contributed by atoms with Crippen molar-refractivity contribution in [3.8, 4) is 0 Å². The summed E-state index contributed by atoms with van der Waals surface area (Å²) in [4.78, 5) is 15.3. The summed E-state index contributed by atoms with van der Waals surface area (Å²) in [5.74, 6) is -0.214. The van der Waals surface area contributed by atoms with Gasteiger partial charge in [0.1, 0.15) is 5.82 Å². The first-order valence-corrected chi connectivity index (χ1v) is 8.42. The van der Waals surface area contributed by atoms with Gasteiger partial charge in [0.25, 0.3) is 10.0 Å². The Kier molecular flexibility index (Phi) is 4.12. The third-order valence-corrected chi connectivity index (χ3v) is 6.01. The van der Waals surface area contributed by atoms with Crippen molar-refractivity contribution < 1.29 is 18.3 Å². The number of sulfonamides is 1. The molecule has 1 aromatic heterocycles. The number of imidazole rings is 1. The molecule has 0 amide bonds. The van der Waals surface area contributed by atoms with Crippen molar-refractivity contribution in [2.75, 3.05) is 13.1 Å². The number of aryl methyl sites for hydroxylation is 2. The van der Waals surface area contributed by atoms with E-state index in [2.05, 4.69) is 4.98 Å². The van der Waals surface area contributed by atoms with Crippen LogP contribution in [0.4, 0.5) is 0 Å². The lowest BCUT2D eigenvalue weighted by Crippen LogP contribution is -2.45. The minimum Gasteiger partial charge on any atom is -0.481 e. The Morgan fingerprint density at radius 2 is 2.00 bits per heavy atom. The second-order valence-electron chi connectivity index (χ2n) is 5.68. The Balaban J connectivity index is 2.20. The molecule has 0 radical (unpaired) electrons. The third-order valence-electron chi connectivity index (χ3n) is 4.24. The highest BCUT2D eigenvalue weighted by molar-refractivity contribution is 7.89. The van der Waals surface area contributed by atoms with E-state index in [-0.39, 0.29) is 18.1 Å². The molecule has 0 spiro atoms. The molecular formula is C13H21N3O4S. The fourth-order valence-corrected chi connectivity index (χ4v) is 3.93. The Bertz CT molecular complexity index is 642. The fourth-order valence-electron chi connectivity index (χ4n) is 2.49. The molecule has 8 heteroatoms. The van der Waals surface area contributed by atoms with Gasteiger partial charge in [0, 0.05) is 25.8 Å². The molecule has 2 heterocycles. The van der Waals surface area contributed by atoms with Crippen molar-refractivity contribution in [3.63, 3.8) is 0 Å². The molecule has 2 rings (SSSR count). The van der Waals surface area contributed by atoms with Crippen LogP contribution in [0.25, 0.3) is 0 Å². The number of piperidine rings is 1. The number of aliphatic carboxylic acids is 1. The predicted molar refractivity (Wildman–Crippen MR) is 76.4 cm³/mol. The summed E-state index contributed by atoms with van der Waals surface area (Å²) >= 11 is 0. The largest absolute Gasteiger partial charge is 0.481 e. The van der Waals surface area contributed by atoms with Crippen LogP contribution in [0, 0.1) is 12.3 Å². The number of carboxylic acid groups (broad SMARTS) is 1. The van der Waals surface area contributed by atoms with Gasteiger partial charge in [-0.25, -0.2) is 13.4 Å². The standard InChI is InChI=1S/C13H21N3O4S/c1-4-15-9-11(14-10(15)2)21(19,20)16-7-5-13(3,6-8-16)12(17)18/h9H,4-8H2,1-3H3,(H,17,18). The topological polar surface area (TPSA) is 92.5 Å². The monoisotopic (exact) mass is 315 g/mol. The maximum Gasteiger partial charge on any atom is 0.309 e. The van der Waals surface area contributed by atoms with Crippen LogP contribution in [0.1, 0.15) is 32.5 Å². The molecule has 21 heavy (non-hydrogen) atoms. The molecule has 118 valence electrons. The average Bonchev–Trinajstić information content (AvgIpc) is 2.81. The maximum atomic E-state index is 12.6. The summed E-state index contributed by atoms with van der Waals surface area (Å²) in [6.45, 7) is 6.43. The van der Waals surface area contributed by atoms with Crippen LogP contribution < -0.4 is 0 Å². The Morgan fingerprint density at radius 1 is 1.43 bits per heavy atom. The molecule has 7 nitrogen and oxygen atoms in total. The first-order valence-electron chi connectivity index (χ1n) is 6.98. The number of hydrogen-bond donors (Lipinski definition) is 1. The fraction of sp³-hybridized carbons (Fsp3) is 0.692. The number of nitrogens with zero attached hydrogens (tertiary/aromatic N) is 3. The lowest BCUT2D eigenvalue weighted by atomic mass is 9.81. The summed E-state index contributed by atoms with van der Waals surface area (Å²) in [5, 5.41) is 9.23. The van der Waals surface area contributed by atoms with Gasteiger partial charge in [-0.2, -0.15) is 4.31 Å². The van der Waals surface area contributed by atoms with Crippen LogP contribution in [-0.4, -0.2) is 46.4 Å². The summed E-state index contributed by atoms with van der Waals surface area (Å²) in [6.07, 6.45) is 2.17. The summed E-state index contributed by atoms with van der Waals surface area (Å²) in [6, 6.07) is 0. The molecular weight excluding hydrogens is 294 g/mol. The first kappa shape index (κ1) is 16.0. The highest BCUT2D eigenvalue weighted by Gasteiger charge is 2.40. The third kappa shape index (κ3) is 2.82. The van der Waals surface area contributed by atoms with E-state index < -0.39 is 21.4 Å². The van der Waals surface area contributed by atoms with E-state index in [9.17, 15) is 18.3 Å². The number of carbonyl (C=O) groups is 1. The van der Waals surface area contributed by atoms with E-state index in [1.807, 2.05) is 6.92 Å². The van der Waals surface area contributed by atoms with Gasteiger partial charge < -0.3 is 9.67 Å². The molecule has 0 saturated carbocycles. The maximum absolute atomic E-state index is 12.6. The molecule has 0 aliphatic carbocycles. The van der Waals surface area contributed by atoms with E-state index in [4.69, 9.17) is 0 Å². The van der Waals surface area contributed by atoms with Gasteiger partial charge in [-0.05, 0) is 33.6 Å². The number of carboxylic acids is 1. The lowest BCUT2D eigenvalue weighted by molar-refractivity contribution is -0.150. The second-order valence-corrected chi connectivity index (χ2v) is 7.57. The minimum atomic E-state index is -3.64. The smallest absolute Gasteiger partial charge is 0.309 e. The van der Waals surface area contributed by atoms with Gasteiger partial charge >= 0.3 is 5.97 Å². The zero-order valence-electron chi connectivity index (χ0n) is 12.5. The van der Waals surface area contributed by atoms with Gasteiger partial charge in [0.05, 0.1) is 5.41 Å². The van der Waals surface area contributed by atoms with Crippen molar-refractivity contribution in [2.24, 2.45) is 5.41 Å². The van der Waals surface area contributed by atoms with E-state index in [0.29, 0.717) is 25.2 Å². The predicted octanol–water partition coefficient (Wildman–Crippen LogP) is 1.09. The molecule has 0 atom stereocenters. The van der Waals surface area contributed by atoms with Crippen molar-refractivity contribution >= 4 is 16.0 Å². The van der Waals surface area contributed by atoms with Crippen molar-refractivity contribution in [1.29, 1.82) is 0 Å². The zero-order chi connectivity index (χ0) is 15.8. The first-order chi connectivity index (χ1) is 9.70. The van der Waals surface area contributed by atoms with E-state index in [1.165, 1.54) is 10.5 Å². The van der Waals surface area contributed by atoms with Crippen LogP contribution in [0.2, 0.25) is 0 Å². The number of rotatable bonds is 4. The van der Waals surface area contributed by atoms with E-state index >= 15 is 0 Å². The SMILES string of the molecule is CCn1cc(S(=O)(=O)N2CCC(C)(C(=O)O)CC2)nc1C. The quantitative estimate of drug-likeness (QED) is 0.897. The van der Waals surface area contributed by atoms with Gasteiger partial charge in [0.15, 0.2) is 5.03 Å². The highest BCUT2D eigenvalue weighted by Crippen LogP contribution is 2.33. The molecule has 0 unspecified atom stereocenters. The van der Waals surface area contributed by atoms with Crippen molar-refractivity contribution in [2.45, 2.75) is 45.2 Å². The van der Waals surface area contributed by atoms with Gasteiger partial charge in [-0.3, -0.25) is 4.79 Å². The second kappa shape index (κ2) is 5.42. The number of hydrogen-bond acceptors (Lipinski definition) is 4. The van der Waals surface area contributed by atoms with Crippen LogP contribution in [0.3, 0.4) is 0 Å². The zero-order valence-corrected chi connectivity index (χ0v) is 13.4. The number of aromatic nitrogens is 2. The van der Waals surface area contributed by atoms with Crippen molar-refractivity contribution in [3.05, 3.63) is 12.0 Å².